The van der Waals surface area contributed by atoms with Gasteiger partial charge in [0.15, 0.2) is 11.5 Å². The number of rotatable bonds is 4. The van der Waals surface area contributed by atoms with Gasteiger partial charge in [0.05, 0.1) is 4.90 Å². The number of hydrogen-bond acceptors (Lipinski definition) is 4. The Morgan fingerprint density at radius 3 is 2.19 bits per heavy atom. The smallest absolute Gasteiger partial charge is 0.243 e. The Morgan fingerprint density at radius 1 is 0.962 bits per heavy atom. The highest BCUT2D eigenvalue weighted by molar-refractivity contribution is 7.89. The van der Waals surface area contributed by atoms with Crippen LogP contribution in [0.25, 0.3) is 0 Å². The molecule has 0 atom stereocenters. The minimum absolute atomic E-state index is 0.0711. The van der Waals surface area contributed by atoms with Crippen LogP contribution in [-0.4, -0.2) is 33.0 Å². The highest BCUT2D eigenvalue weighted by Crippen LogP contribution is 2.33. The van der Waals surface area contributed by atoms with E-state index in [4.69, 9.17) is 9.47 Å². The lowest BCUT2D eigenvalue weighted by Crippen LogP contribution is -2.27. The minimum Gasteiger partial charge on any atom is -0.486 e. The molecule has 0 aliphatic carbocycles. The van der Waals surface area contributed by atoms with E-state index in [1.54, 1.807) is 19.2 Å². The largest absolute Gasteiger partial charge is 0.486 e. The summed E-state index contributed by atoms with van der Waals surface area (Å²) in [7, 11) is -2.02. The average molecular weight is 375 g/mol. The van der Waals surface area contributed by atoms with Gasteiger partial charge in [-0.15, -0.1) is 0 Å². The fourth-order valence-electron chi connectivity index (χ4n) is 2.82. The quantitative estimate of drug-likeness (QED) is 0.820. The van der Waals surface area contributed by atoms with Gasteiger partial charge < -0.3 is 9.47 Å². The van der Waals surface area contributed by atoms with Crippen LogP contribution in [0.2, 0.25) is 0 Å². The normalized spacial score (nSPS) is 14.5. The van der Waals surface area contributed by atoms with E-state index in [-0.39, 0.29) is 10.3 Å². The molecule has 140 valence electrons. The number of hydrogen-bond donors (Lipinski definition) is 0. The Kier molecular flexibility index (Phi) is 4.99. The first kappa shape index (κ1) is 18.7. The summed E-state index contributed by atoms with van der Waals surface area (Å²) in [4.78, 5) is 0.204. The third-order valence-electron chi connectivity index (χ3n) is 4.45. The fraction of sp³-hybridized carbons (Fsp3) is 0.400. The van der Waals surface area contributed by atoms with Crippen molar-refractivity contribution in [1.29, 1.82) is 0 Å². The third kappa shape index (κ3) is 3.86. The van der Waals surface area contributed by atoms with E-state index < -0.39 is 10.0 Å². The molecule has 1 aliphatic heterocycles. The van der Waals surface area contributed by atoms with Gasteiger partial charge in [-0.25, -0.2) is 8.42 Å². The van der Waals surface area contributed by atoms with E-state index in [9.17, 15) is 8.42 Å². The zero-order valence-corrected chi connectivity index (χ0v) is 16.5. The molecule has 0 spiro atoms. The van der Waals surface area contributed by atoms with Gasteiger partial charge in [-0.3, -0.25) is 0 Å². The zero-order valence-electron chi connectivity index (χ0n) is 15.7. The molecule has 1 aliphatic rings. The molecule has 0 radical (unpaired) electrons. The molecule has 0 amide bonds. The van der Waals surface area contributed by atoms with Gasteiger partial charge in [-0.05, 0) is 28.7 Å². The molecular weight excluding hydrogens is 350 g/mol. The summed E-state index contributed by atoms with van der Waals surface area (Å²) in [6, 6.07) is 12.8. The minimum atomic E-state index is -3.61. The molecule has 0 aromatic heterocycles. The first-order valence-corrected chi connectivity index (χ1v) is 10.1. The first-order chi connectivity index (χ1) is 12.2. The highest BCUT2D eigenvalue weighted by atomic mass is 32.2. The van der Waals surface area contributed by atoms with Crippen molar-refractivity contribution < 1.29 is 17.9 Å². The molecule has 6 heteroatoms. The van der Waals surface area contributed by atoms with E-state index >= 15 is 0 Å². The summed E-state index contributed by atoms with van der Waals surface area (Å²) >= 11 is 0. The van der Waals surface area contributed by atoms with Crippen LogP contribution in [0.4, 0.5) is 0 Å². The molecule has 1 heterocycles. The van der Waals surface area contributed by atoms with Crippen molar-refractivity contribution in [2.45, 2.75) is 37.6 Å². The van der Waals surface area contributed by atoms with Gasteiger partial charge in [0.25, 0.3) is 0 Å². The van der Waals surface area contributed by atoms with E-state index in [0.29, 0.717) is 31.3 Å². The molecule has 0 saturated heterocycles. The Balaban J connectivity index is 1.79. The maximum absolute atomic E-state index is 12.9. The molecule has 2 aromatic carbocycles. The predicted molar refractivity (Wildman–Crippen MR) is 101 cm³/mol. The summed E-state index contributed by atoms with van der Waals surface area (Å²) in [6.07, 6.45) is 0. The van der Waals surface area contributed by atoms with Crippen molar-refractivity contribution in [2.24, 2.45) is 0 Å². The lowest BCUT2D eigenvalue weighted by atomic mass is 9.87. The Hall–Kier alpha value is -2.05. The summed E-state index contributed by atoms with van der Waals surface area (Å²) in [6.45, 7) is 7.67. The van der Waals surface area contributed by atoms with Crippen molar-refractivity contribution in [3.8, 4) is 11.5 Å². The van der Waals surface area contributed by atoms with E-state index in [2.05, 4.69) is 32.9 Å². The van der Waals surface area contributed by atoms with Crippen molar-refractivity contribution in [3.63, 3.8) is 0 Å². The lowest BCUT2D eigenvalue weighted by molar-refractivity contribution is 0.171. The standard InChI is InChI=1S/C20H25NO4S/c1-20(2,3)16-7-5-15(6-8-16)14-21(4)26(22,23)17-9-10-18-19(13-17)25-12-11-24-18/h5-10,13H,11-12,14H2,1-4H3. The van der Waals surface area contributed by atoms with Crippen LogP contribution in [0.15, 0.2) is 47.4 Å². The van der Waals surface area contributed by atoms with Crippen molar-refractivity contribution in [2.75, 3.05) is 20.3 Å². The molecule has 0 fully saturated rings. The Labute approximate surface area is 155 Å². The summed E-state index contributed by atoms with van der Waals surface area (Å²) in [5.41, 5.74) is 2.24. The Bertz CT molecular complexity index is 883. The third-order valence-corrected chi connectivity index (χ3v) is 6.25. The van der Waals surface area contributed by atoms with Gasteiger partial charge in [-0.1, -0.05) is 45.0 Å². The van der Waals surface area contributed by atoms with Crippen LogP contribution in [0.1, 0.15) is 31.9 Å². The molecule has 3 rings (SSSR count). The highest BCUT2D eigenvalue weighted by Gasteiger charge is 2.24. The van der Waals surface area contributed by atoms with Crippen LogP contribution >= 0.6 is 0 Å². The fourth-order valence-corrected chi connectivity index (χ4v) is 3.99. The van der Waals surface area contributed by atoms with Gasteiger partial charge in [-0.2, -0.15) is 4.31 Å². The van der Waals surface area contributed by atoms with E-state index in [1.165, 1.54) is 15.9 Å². The van der Waals surface area contributed by atoms with Crippen molar-refractivity contribution in [3.05, 3.63) is 53.6 Å². The van der Waals surface area contributed by atoms with Crippen LogP contribution in [0, 0.1) is 0 Å². The number of benzene rings is 2. The number of nitrogens with zero attached hydrogens (tertiary/aromatic N) is 1. The topological polar surface area (TPSA) is 55.8 Å². The SMILES string of the molecule is CN(Cc1ccc(C(C)(C)C)cc1)S(=O)(=O)c1ccc2c(c1)OCCO2. The second-order valence-corrected chi connectivity index (χ2v) is 9.56. The molecule has 0 unspecified atom stereocenters. The molecule has 2 aromatic rings. The Morgan fingerprint density at radius 2 is 1.58 bits per heavy atom. The maximum atomic E-state index is 12.9. The van der Waals surface area contributed by atoms with Crippen LogP contribution in [-0.2, 0) is 22.0 Å². The molecule has 5 nitrogen and oxygen atoms in total. The summed E-state index contributed by atoms with van der Waals surface area (Å²) < 4.78 is 38.1. The van der Waals surface area contributed by atoms with Gasteiger partial charge in [0.2, 0.25) is 10.0 Å². The number of sulfonamides is 1. The van der Waals surface area contributed by atoms with Gasteiger partial charge in [0.1, 0.15) is 13.2 Å². The zero-order chi connectivity index (χ0) is 18.9. The average Bonchev–Trinajstić information content (AvgIpc) is 2.61. The lowest BCUT2D eigenvalue weighted by Gasteiger charge is -2.22. The molecule has 0 N–H and O–H groups in total. The second-order valence-electron chi connectivity index (χ2n) is 7.51. The van der Waals surface area contributed by atoms with E-state index in [1.807, 2.05) is 12.1 Å². The first-order valence-electron chi connectivity index (χ1n) is 8.63. The van der Waals surface area contributed by atoms with Crippen LogP contribution < -0.4 is 9.47 Å². The summed E-state index contributed by atoms with van der Waals surface area (Å²) in [5, 5.41) is 0. The van der Waals surface area contributed by atoms with Crippen molar-refractivity contribution >= 4 is 10.0 Å². The molecule has 0 saturated carbocycles. The number of fused-ring (bicyclic) bond motifs is 1. The van der Waals surface area contributed by atoms with Crippen LogP contribution in [0.3, 0.4) is 0 Å². The van der Waals surface area contributed by atoms with Gasteiger partial charge in [0, 0.05) is 19.7 Å². The molecule has 0 bridgehead atoms. The predicted octanol–water partition coefficient (Wildman–Crippen LogP) is 3.58. The number of ether oxygens (including phenoxy) is 2. The second kappa shape index (κ2) is 6.93. The molecule has 26 heavy (non-hydrogen) atoms. The van der Waals surface area contributed by atoms with E-state index in [0.717, 1.165) is 5.56 Å². The van der Waals surface area contributed by atoms with Crippen molar-refractivity contribution in [1.82, 2.24) is 4.31 Å². The van der Waals surface area contributed by atoms with Gasteiger partial charge >= 0.3 is 0 Å². The molecular formula is C20H25NO4S. The monoisotopic (exact) mass is 375 g/mol. The van der Waals surface area contributed by atoms with Crippen LogP contribution in [0.5, 0.6) is 11.5 Å². The maximum Gasteiger partial charge on any atom is 0.243 e. The summed E-state index contributed by atoms with van der Waals surface area (Å²) in [5.74, 6) is 1.05.